The van der Waals surface area contributed by atoms with Gasteiger partial charge < -0.3 is 4.74 Å². The summed E-state index contributed by atoms with van der Waals surface area (Å²) in [6.07, 6.45) is 2.68. The topological polar surface area (TPSA) is 66.9 Å². The maximum Gasteiger partial charge on any atom is 0.340 e. The van der Waals surface area contributed by atoms with Gasteiger partial charge in [-0.05, 0) is 41.9 Å². The molecule has 170 valence electrons. The number of rotatable bonds is 8. The number of sulfonamides is 1. The first-order valence-corrected chi connectivity index (χ1v) is 13.7. The Morgan fingerprint density at radius 1 is 1.29 bits per heavy atom. The van der Waals surface area contributed by atoms with Gasteiger partial charge >= 0.3 is 5.97 Å². The zero-order chi connectivity index (χ0) is 22.8. The molecular formula is C22H30N2O4S3. The van der Waals surface area contributed by atoms with E-state index in [2.05, 4.69) is 35.4 Å². The lowest BCUT2D eigenvalue weighted by Gasteiger charge is -2.27. The maximum absolute atomic E-state index is 13.3. The number of nitrogens with zero attached hydrogens (tertiary/aromatic N) is 2. The number of carbonyl (C=O) groups excluding carboxylic acids is 1. The van der Waals surface area contributed by atoms with Crippen LogP contribution >= 0.6 is 23.1 Å². The number of benzene rings is 1. The molecule has 0 bridgehead atoms. The van der Waals surface area contributed by atoms with Gasteiger partial charge in [0.25, 0.3) is 10.0 Å². The van der Waals surface area contributed by atoms with Gasteiger partial charge in [0.2, 0.25) is 0 Å². The molecule has 0 atom stereocenters. The van der Waals surface area contributed by atoms with Crippen LogP contribution in [0, 0.1) is 5.92 Å². The minimum atomic E-state index is -3.77. The van der Waals surface area contributed by atoms with E-state index < -0.39 is 16.0 Å². The van der Waals surface area contributed by atoms with Crippen LogP contribution in [0.15, 0.2) is 33.4 Å². The molecule has 1 aromatic carbocycles. The van der Waals surface area contributed by atoms with Crippen LogP contribution in [-0.4, -0.2) is 57.1 Å². The fraction of sp³-hybridized carbons (Fsp3) is 0.500. The number of esters is 1. The summed E-state index contributed by atoms with van der Waals surface area (Å²) in [4.78, 5) is 17.0. The van der Waals surface area contributed by atoms with E-state index in [-0.39, 0.29) is 15.7 Å². The lowest BCUT2D eigenvalue weighted by atomic mass is 10.0. The predicted molar refractivity (Wildman–Crippen MR) is 126 cm³/mol. The molecule has 0 saturated carbocycles. The highest BCUT2D eigenvalue weighted by Gasteiger charge is 2.36. The lowest BCUT2D eigenvalue weighted by Crippen LogP contribution is -2.31. The molecule has 2 heterocycles. The third kappa shape index (κ3) is 5.34. The molecule has 0 radical (unpaired) electrons. The number of carbonyl (C=O) groups is 1. The molecule has 1 aliphatic heterocycles. The predicted octanol–water partition coefficient (Wildman–Crippen LogP) is 4.09. The molecule has 0 aliphatic carbocycles. The summed E-state index contributed by atoms with van der Waals surface area (Å²) in [6.45, 7) is 6.50. The Morgan fingerprint density at radius 2 is 1.97 bits per heavy atom. The first-order chi connectivity index (χ1) is 14.7. The van der Waals surface area contributed by atoms with Crippen molar-refractivity contribution in [2.24, 2.45) is 5.92 Å². The molecule has 6 nitrogen and oxygen atoms in total. The molecule has 3 rings (SSSR count). The van der Waals surface area contributed by atoms with E-state index in [1.54, 1.807) is 18.8 Å². The number of thiophene rings is 1. The van der Waals surface area contributed by atoms with Gasteiger partial charge in [-0.2, -0.15) is 4.31 Å². The SMILES string of the molecule is COC(=O)c1c(S(=O)(=O)N(C)CC(C)C)sc2c1CCN(Cc1ccc(SC)cc1)C2. The summed E-state index contributed by atoms with van der Waals surface area (Å²) < 4.78 is 33.0. The van der Waals surface area contributed by atoms with Crippen molar-refractivity contribution >= 4 is 39.1 Å². The van der Waals surface area contributed by atoms with Crippen molar-refractivity contribution in [1.29, 1.82) is 0 Å². The van der Waals surface area contributed by atoms with E-state index in [1.807, 2.05) is 13.8 Å². The van der Waals surface area contributed by atoms with Gasteiger partial charge in [-0.25, -0.2) is 13.2 Å². The van der Waals surface area contributed by atoms with Crippen molar-refractivity contribution in [3.63, 3.8) is 0 Å². The number of ether oxygens (including phenoxy) is 1. The zero-order valence-electron chi connectivity index (χ0n) is 18.7. The van der Waals surface area contributed by atoms with Crippen LogP contribution in [0.2, 0.25) is 0 Å². The van der Waals surface area contributed by atoms with Crippen molar-refractivity contribution in [2.75, 3.05) is 33.5 Å². The summed E-state index contributed by atoms with van der Waals surface area (Å²) in [7, 11) is -0.899. The monoisotopic (exact) mass is 482 g/mol. The smallest absolute Gasteiger partial charge is 0.340 e. The van der Waals surface area contributed by atoms with Gasteiger partial charge in [-0.1, -0.05) is 26.0 Å². The largest absolute Gasteiger partial charge is 0.465 e. The minimum Gasteiger partial charge on any atom is -0.465 e. The molecule has 0 unspecified atom stereocenters. The Kier molecular flexibility index (Phi) is 7.86. The second kappa shape index (κ2) is 10.0. The van der Waals surface area contributed by atoms with Gasteiger partial charge in [0.1, 0.15) is 4.21 Å². The first-order valence-electron chi connectivity index (χ1n) is 10.2. The second-order valence-electron chi connectivity index (χ2n) is 8.15. The number of hydrogen-bond acceptors (Lipinski definition) is 7. The molecule has 31 heavy (non-hydrogen) atoms. The fourth-order valence-electron chi connectivity index (χ4n) is 3.80. The Bertz CT molecular complexity index is 1030. The molecule has 2 aromatic rings. The Balaban J connectivity index is 1.90. The van der Waals surface area contributed by atoms with Gasteiger partial charge in [-0.3, -0.25) is 4.90 Å². The molecule has 9 heteroatoms. The molecular weight excluding hydrogens is 452 g/mol. The van der Waals surface area contributed by atoms with Crippen LogP contribution in [0.5, 0.6) is 0 Å². The minimum absolute atomic E-state index is 0.110. The number of thioether (sulfide) groups is 1. The maximum atomic E-state index is 13.3. The van der Waals surface area contributed by atoms with E-state index in [1.165, 1.54) is 33.2 Å². The molecule has 0 fully saturated rings. The van der Waals surface area contributed by atoms with Crippen LogP contribution in [0.1, 0.15) is 40.2 Å². The lowest BCUT2D eigenvalue weighted by molar-refractivity contribution is 0.0595. The van der Waals surface area contributed by atoms with E-state index in [0.29, 0.717) is 19.5 Å². The van der Waals surface area contributed by atoms with Gasteiger partial charge in [0.05, 0.1) is 12.7 Å². The highest BCUT2D eigenvalue weighted by molar-refractivity contribution is 7.98. The standard InChI is InChI=1S/C22H30N2O4S3/c1-15(2)12-23(3)31(26,27)22-20(21(25)28-4)18-10-11-24(14-19(18)30-22)13-16-6-8-17(29-5)9-7-16/h6-9,15H,10-14H2,1-5H3. The average molecular weight is 483 g/mol. The average Bonchev–Trinajstić information content (AvgIpc) is 3.13. The third-order valence-electron chi connectivity index (χ3n) is 5.33. The molecule has 0 N–H and O–H groups in total. The highest BCUT2D eigenvalue weighted by atomic mass is 32.2. The third-order valence-corrected chi connectivity index (χ3v) is 9.60. The Hall–Kier alpha value is -1.39. The van der Waals surface area contributed by atoms with Crippen LogP contribution in [0.3, 0.4) is 0 Å². The molecule has 0 saturated heterocycles. The molecule has 1 aliphatic rings. The van der Waals surface area contributed by atoms with Crippen LogP contribution in [0.25, 0.3) is 0 Å². The first kappa shape index (κ1) is 24.3. The Morgan fingerprint density at radius 3 is 2.55 bits per heavy atom. The fourth-order valence-corrected chi connectivity index (χ4v) is 7.66. The van der Waals surface area contributed by atoms with Crippen LogP contribution < -0.4 is 0 Å². The summed E-state index contributed by atoms with van der Waals surface area (Å²) in [5, 5.41) is 0. The van der Waals surface area contributed by atoms with Crippen molar-refractivity contribution in [3.05, 3.63) is 45.8 Å². The summed E-state index contributed by atoms with van der Waals surface area (Å²) in [5.41, 5.74) is 2.26. The van der Waals surface area contributed by atoms with Crippen LogP contribution in [-0.2, 0) is 34.3 Å². The highest BCUT2D eigenvalue weighted by Crippen LogP contribution is 2.38. The van der Waals surface area contributed by atoms with E-state index in [0.717, 1.165) is 23.5 Å². The molecule has 0 amide bonds. The van der Waals surface area contributed by atoms with E-state index in [4.69, 9.17) is 4.74 Å². The molecule has 0 spiro atoms. The van der Waals surface area contributed by atoms with Crippen LogP contribution in [0.4, 0.5) is 0 Å². The summed E-state index contributed by atoms with van der Waals surface area (Å²) in [6, 6.07) is 8.50. The van der Waals surface area contributed by atoms with E-state index >= 15 is 0 Å². The van der Waals surface area contributed by atoms with Gasteiger partial charge in [0, 0.05) is 43.0 Å². The van der Waals surface area contributed by atoms with Gasteiger partial charge in [-0.15, -0.1) is 23.1 Å². The second-order valence-corrected chi connectivity index (χ2v) is 12.4. The van der Waals surface area contributed by atoms with Crippen molar-refractivity contribution in [2.45, 2.75) is 42.5 Å². The zero-order valence-corrected chi connectivity index (χ0v) is 21.1. The summed E-state index contributed by atoms with van der Waals surface area (Å²) >= 11 is 2.93. The number of fused-ring (bicyclic) bond motifs is 1. The van der Waals surface area contributed by atoms with Gasteiger partial charge in [0.15, 0.2) is 0 Å². The van der Waals surface area contributed by atoms with Crippen molar-refractivity contribution < 1.29 is 17.9 Å². The van der Waals surface area contributed by atoms with E-state index in [9.17, 15) is 13.2 Å². The number of methoxy groups -OCH3 is 1. The molecule has 1 aromatic heterocycles. The quantitative estimate of drug-likeness (QED) is 0.417. The number of hydrogen-bond donors (Lipinski definition) is 0. The summed E-state index contributed by atoms with van der Waals surface area (Å²) in [5.74, 6) is -0.390. The van der Waals surface area contributed by atoms with Crippen molar-refractivity contribution in [1.82, 2.24) is 9.21 Å². The normalized spacial score (nSPS) is 14.8. The Labute approximate surface area is 193 Å². The van der Waals surface area contributed by atoms with Crippen molar-refractivity contribution in [3.8, 4) is 0 Å².